The average Bonchev–Trinajstić information content (AvgIpc) is 2.45. The molecule has 0 aromatic carbocycles. The maximum atomic E-state index is 11.4. The molecule has 0 aromatic heterocycles. The molecule has 6 nitrogen and oxygen atoms in total. The SMILES string of the molecule is C[C@H](N)C(=O)N1C[C@@H](O)C[C@H]1C(=O)O. The van der Waals surface area contributed by atoms with Crippen LogP contribution in [-0.4, -0.2) is 51.7 Å². The third-order valence-corrected chi connectivity index (χ3v) is 2.24. The number of nitrogens with two attached hydrogens (primary N) is 1. The highest BCUT2D eigenvalue weighted by Crippen LogP contribution is 2.18. The number of hydrogen-bond acceptors (Lipinski definition) is 4. The fraction of sp³-hybridized carbons (Fsp3) is 0.750. The highest BCUT2D eigenvalue weighted by Gasteiger charge is 2.39. The second-order valence-electron chi connectivity index (χ2n) is 3.52. The first-order chi connectivity index (χ1) is 6.43. The lowest BCUT2D eigenvalue weighted by molar-refractivity contribution is -0.148. The monoisotopic (exact) mass is 202 g/mol. The molecule has 0 unspecified atom stereocenters. The Labute approximate surface area is 81.3 Å². The van der Waals surface area contributed by atoms with Crippen LogP contribution < -0.4 is 5.73 Å². The van der Waals surface area contributed by atoms with Gasteiger partial charge in [-0.15, -0.1) is 0 Å². The third-order valence-electron chi connectivity index (χ3n) is 2.24. The molecule has 0 aliphatic carbocycles. The number of nitrogens with zero attached hydrogens (tertiary/aromatic N) is 1. The topological polar surface area (TPSA) is 104 Å². The zero-order chi connectivity index (χ0) is 10.9. The highest BCUT2D eigenvalue weighted by atomic mass is 16.4. The van der Waals surface area contributed by atoms with E-state index in [-0.39, 0.29) is 13.0 Å². The number of carbonyl (C=O) groups is 2. The molecule has 1 amide bonds. The van der Waals surface area contributed by atoms with Crippen molar-refractivity contribution in [3.63, 3.8) is 0 Å². The van der Waals surface area contributed by atoms with Crippen LogP contribution in [0, 0.1) is 0 Å². The molecule has 0 radical (unpaired) electrons. The Bertz CT molecular complexity index is 254. The van der Waals surface area contributed by atoms with Crippen molar-refractivity contribution in [2.24, 2.45) is 5.73 Å². The van der Waals surface area contributed by atoms with Gasteiger partial charge in [-0.25, -0.2) is 4.79 Å². The molecule has 80 valence electrons. The molecule has 1 saturated heterocycles. The molecule has 6 heteroatoms. The number of likely N-dealkylation sites (tertiary alicyclic amines) is 1. The van der Waals surface area contributed by atoms with Crippen molar-refractivity contribution in [3.8, 4) is 0 Å². The fourth-order valence-electron chi connectivity index (χ4n) is 1.55. The van der Waals surface area contributed by atoms with Gasteiger partial charge in [0, 0.05) is 13.0 Å². The van der Waals surface area contributed by atoms with Gasteiger partial charge in [-0.3, -0.25) is 4.79 Å². The van der Waals surface area contributed by atoms with Crippen molar-refractivity contribution in [1.82, 2.24) is 4.90 Å². The number of aliphatic carboxylic acids is 1. The molecule has 1 heterocycles. The molecule has 0 saturated carbocycles. The van der Waals surface area contributed by atoms with Gasteiger partial charge < -0.3 is 20.8 Å². The molecule has 1 aliphatic rings. The van der Waals surface area contributed by atoms with Crippen molar-refractivity contribution in [2.45, 2.75) is 31.5 Å². The average molecular weight is 202 g/mol. The highest BCUT2D eigenvalue weighted by molar-refractivity contribution is 5.87. The first-order valence-electron chi connectivity index (χ1n) is 4.40. The Morgan fingerprint density at radius 1 is 1.57 bits per heavy atom. The van der Waals surface area contributed by atoms with Gasteiger partial charge in [0.05, 0.1) is 12.1 Å². The predicted octanol–water partition coefficient (Wildman–Crippen LogP) is -1.62. The number of aliphatic hydroxyl groups excluding tert-OH is 1. The Hall–Kier alpha value is -1.14. The standard InChI is InChI=1S/C8H14N2O4/c1-4(9)7(12)10-3-5(11)2-6(10)8(13)14/h4-6,11H,2-3,9H2,1H3,(H,13,14)/t4-,5-,6-/m0/s1. The second kappa shape index (κ2) is 3.93. The molecule has 4 N–H and O–H groups in total. The minimum atomic E-state index is -1.10. The summed E-state index contributed by atoms with van der Waals surface area (Å²) in [6.45, 7) is 1.54. The van der Waals surface area contributed by atoms with Gasteiger partial charge in [0.2, 0.25) is 5.91 Å². The van der Waals surface area contributed by atoms with E-state index < -0.39 is 30.1 Å². The van der Waals surface area contributed by atoms with Gasteiger partial charge >= 0.3 is 5.97 Å². The van der Waals surface area contributed by atoms with E-state index in [1.54, 1.807) is 0 Å². The summed E-state index contributed by atoms with van der Waals surface area (Å²) in [4.78, 5) is 23.3. The molecule has 1 fully saturated rings. The number of carbonyl (C=O) groups excluding carboxylic acids is 1. The zero-order valence-corrected chi connectivity index (χ0v) is 7.88. The Morgan fingerprint density at radius 2 is 2.14 bits per heavy atom. The summed E-state index contributed by atoms with van der Waals surface area (Å²) in [6.07, 6.45) is -0.688. The van der Waals surface area contributed by atoms with Gasteiger partial charge in [-0.05, 0) is 6.92 Å². The van der Waals surface area contributed by atoms with Gasteiger partial charge in [-0.1, -0.05) is 0 Å². The molecular formula is C8H14N2O4. The maximum Gasteiger partial charge on any atom is 0.326 e. The van der Waals surface area contributed by atoms with E-state index in [0.717, 1.165) is 4.90 Å². The number of rotatable bonds is 2. The van der Waals surface area contributed by atoms with Crippen LogP contribution in [0.3, 0.4) is 0 Å². The van der Waals surface area contributed by atoms with E-state index in [2.05, 4.69) is 0 Å². The van der Waals surface area contributed by atoms with Crippen LogP contribution in [0.4, 0.5) is 0 Å². The first kappa shape index (κ1) is 10.9. The lowest BCUT2D eigenvalue weighted by atomic mass is 10.2. The third kappa shape index (κ3) is 2.02. The van der Waals surface area contributed by atoms with Crippen LogP contribution >= 0.6 is 0 Å². The van der Waals surface area contributed by atoms with E-state index >= 15 is 0 Å². The zero-order valence-electron chi connectivity index (χ0n) is 7.88. The van der Waals surface area contributed by atoms with Gasteiger partial charge in [0.25, 0.3) is 0 Å². The van der Waals surface area contributed by atoms with Crippen molar-refractivity contribution >= 4 is 11.9 Å². The quantitative estimate of drug-likeness (QED) is 0.499. The van der Waals surface area contributed by atoms with Crippen LogP contribution in [0.2, 0.25) is 0 Å². The lowest BCUT2D eigenvalue weighted by Crippen LogP contribution is -2.47. The summed E-state index contributed by atoms with van der Waals surface area (Å²) in [5.74, 6) is -1.54. The summed E-state index contributed by atoms with van der Waals surface area (Å²) in [7, 11) is 0. The van der Waals surface area contributed by atoms with Crippen LogP contribution in [-0.2, 0) is 9.59 Å². The van der Waals surface area contributed by atoms with Crippen LogP contribution in [0.5, 0.6) is 0 Å². The molecule has 14 heavy (non-hydrogen) atoms. The summed E-state index contributed by atoms with van der Waals surface area (Å²) in [5, 5.41) is 18.0. The van der Waals surface area contributed by atoms with Gasteiger partial charge in [-0.2, -0.15) is 0 Å². The molecular weight excluding hydrogens is 188 g/mol. The molecule has 1 rings (SSSR count). The van der Waals surface area contributed by atoms with Crippen molar-refractivity contribution in [1.29, 1.82) is 0 Å². The number of hydrogen-bond donors (Lipinski definition) is 3. The van der Waals surface area contributed by atoms with E-state index in [9.17, 15) is 14.7 Å². The molecule has 3 atom stereocenters. The maximum absolute atomic E-state index is 11.4. The van der Waals surface area contributed by atoms with E-state index in [1.165, 1.54) is 6.92 Å². The molecule has 0 bridgehead atoms. The van der Waals surface area contributed by atoms with Gasteiger partial charge in [0.15, 0.2) is 0 Å². The van der Waals surface area contributed by atoms with Crippen molar-refractivity contribution in [3.05, 3.63) is 0 Å². The van der Waals surface area contributed by atoms with E-state index in [4.69, 9.17) is 10.8 Å². The van der Waals surface area contributed by atoms with Gasteiger partial charge in [0.1, 0.15) is 6.04 Å². The number of carboxylic acid groups (broad SMARTS) is 1. The summed E-state index contributed by atoms with van der Waals surface area (Å²) in [6, 6.07) is -1.68. The minimum Gasteiger partial charge on any atom is -0.480 e. The normalized spacial score (nSPS) is 28.9. The van der Waals surface area contributed by atoms with Crippen LogP contribution in [0.25, 0.3) is 0 Å². The largest absolute Gasteiger partial charge is 0.480 e. The first-order valence-corrected chi connectivity index (χ1v) is 4.40. The minimum absolute atomic E-state index is 0.0529. The molecule has 0 aromatic rings. The van der Waals surface area contributed by atoms with E-state index in [0.29, 0.717) is 0 Å². The van der Waals surface area contributed by atoms with Crippen molar-refractivity contribution < 1.29 is 19.8 Å². The second-order valence-corrected chi connectivity index (χ2v) is 3.52. The van der Waals surface area contributed by atoms with Crippen LogP contribution in [0.1, 0.15) is 13.3 Å². The number of aliphatic hydroxyl groups is 1. The number of carboxylic acids is 1. The Balaban J connectivity index is 2.76. The number of amides is 1. The van der Waals surface area contributed by atoms with E-state index in [1.807, 2.05) is 0 Å². The van der Waals surface area contributed by atoms with Crippen LogP contribution in [0.15, 0.2) is 0 Å². The predicted molar refractivity (Wildman–Crippen MR) is 47.4 cm³/mol. The smallest absolute Gasteiger partial charge is 0.326 e. The summed E-state index contributed by atoms with van der Waals surface area (Å²) >= 11 is 0. The Morgan fingerprint density at radius 3 is 2.57 bits per heavy atom. The molecule has 0 spiro atoms. The van der Waals surface area contributed by atoms with Crippen molar-refractivity contribution in [2.75, 3.05) is 6.54 Å². The summed E-state index contributed by atoms with van der Waals surface area (Å²) in [5.41, 5.74) is 5.36. The molecule has 1 aliphatic heterocycles. The summed E-state index contributed by atoms with van der Waals surface area (Å²) < 4.78 is 0. The number of β-amino-alcohol motifs (C(OH)–C–C–N with tert-alkyl or cyclic N) is 1. The fourth-order valence-corrected chi connectivity index (χ4v) is 1.55. The lowest BCUT2D eigenvalue weighted by Gasteiger charge is -2.22. The Kier molecular flexibility index (Phi) is 3.07.